The van der Waals surface area contributed by atoms with Gasteiger partial charge in [0.15, 0.2) is 0 Å². The number of hydrogen-bond donors (Lipinski definition) is 1. The number of rotatable bonds is 4. The molecule has 0 aliphatic heterocycles. The van der Waals surface area contributed by atoms with E-state index in [9.17, 15) is 13.2 Å². The van der Waals surface area contributed by atoms with Crippen LogP contribution in [-0.2, 0) is 12.3 Å². The Bertz CT molecular complexity index is 587. The van der Waals surface area contributed by atoms with Gasteiger partial charge in [-0.3, -0.25) is 0 Å². The van der Waals surface area contributed by atoms with Crippen molar-refractivity contribution < 1.29 is 13.2 Å². The number of benzene rings is 2. The van der Waals surface area contributed by atoms with Crippen LogP contribution in [-0.4, -0.2) is 0 Å². The molecule has 19 heavy (non-hydrogen) atoms. The summed E-state index contributed by atoms with van der Waals surface area (Å²) in [5, 5.41) is 0. The van der Waals surface area contributed by atoms with Gasteiger partial charge in [-0.2, -0.15) is 0 Å². The lowest BCUT2D eigenvalue weighted by molar-refractivity contribution is 0.577. The van der Waals surface area contributed by atoms with E-state index < -0.39 is 11.6 Å². The van der Waals surface area contributed by atoms with Gasteiger partial charge in [0.1, 0.15) is 17.5 Å². The van der Waals surface area contributed by atoms with Crippen LogP contribution in [0.1, 0.15) is 11.1 Å². The second kappa shape index (κ2) is 6.12. The van der Waals surface area contributed by atoms with Crippen LogP contribution in [0, 0.1) is 17.5 Å². The van der Waals surface area contributed by atoms with Crippen LogP contribution in [0.4, 0.5) is 13.2 Å². The highest BCUT2D eigenvalue weighted by Crippen LogP contribution is 2.27. The normalized spacial score (nSPS) is 10.7. The Kier molecular flexibility index (Phi) is 4.50. The predicted molar refractivity (Wildman–Crippen MR) is 70.2 cm³/mol. The Morgan fingerprint density at radius 2 is 1.74 bits per heavy atom. The summed E-state index contributed by atoms with van der Waals surface area (Å²) in [6, 6.07) is 8.12. The average Bonchev–Trinajstić information content (AvgIpc) is 2.41. The lowest BCUT2D eigenvalue weighted by Crippen LogP contribution is -2.02. The molecule has 2 aromatic rings. The molecule has 0 unspecified atom stereocenters. The Hall–Kier alpha value is -1.46. The lowest BCUT2D eigenvalue weighted by atomic mass is 10.1. The summed E-state index contributed by atoms with van der Waals surface area (Å²) in [5.41, 5.74) is 6.26. The van der Waals surface area contributed by atoms with E-state index in [2.05, 4.69) is 0 Å². The van der Waals surface area contributed by atoms with Crippen molar-refractivity contribution >= 4 is 11.8 Å². The van der Waals surface area contributed by atoms with Crippen LogP contribution >= 0.6 is 11.8 Å². The second-order valence-corrected chi connectivity index (χ2v) is 4.97. The van der Waals surface area contributed by atoms with Crippen LogP contribution in [0.25, 0.3) is 0 Å². The zero-order valence-electron chi connectivity index (χ0n) is 10.00. The molecule has 0 saturated carbocycles. The highest BCUT2D eigenvalue weighted by atomic mass is 32.2. The quantitative estimate of drug-likeness (QED) is 0.862. The molecule has 0 aliphatic rings. The fourth-order valence-electron chi connectivity index (χ4n) is 1.65. The summed E-state index contributed by atoms with van der Waals surface area (Å²) in [4.78, 5) is 0.164. The standard InChI is InChI=1S/C14H12F3NS/c15-11-4-5-12(16)13(6-11)19-8-10-3-1-2-9(7-18)14(10)17/h1-6H,7-8,18H2. The van der Waals surface area contributed by atoms with Crippen molar-refractivity contribution in [1.29, 1.82) is 0 Å². The summed E-state index contributed by atoms with van der Waals surface area (Å²) >= 11 is 1.05. The molecule has 0 amide bonds. The van der Waals surface area contributed by atoms with Gasteiger partial charge in [0.25, 0.3) is 0 Å². The molecule has 0 bridgehead atoms. The topological polar surface area (TPSA) is 26.0 Å². The number of halogens is 3. The number of hydrogen-bond acceptors (Lipinski definition) is 2. The summed E-state index contributed by atoms with van der Waals surface area (Å²) in [6.45, 7) is 0.110. The van der Waals surface area contributed by atoms with Crippen LogP contribution < -0.4 is 5.73 Å². The van der Waals surface area contributed by atoms with Gasteiger partial charge in [-0.05, 0) is 23.8 Å². The maximum absolute atomic E-state index is 13.9. The Balaban J connectivity index is 2.17. The van der Waals surface area contributed by atoms with Gasteiger partial charge in [-0.25, -0.2) is 13.2 Å². The third-order valence-electron chi connectivity index (χ3n) is 2.66. The van der Waals surface area contributed by atoms with Crippen LogP contribution in [0.15, 0.2) is 41.3 Å². The lowest BCUT2D eigenvalue weighted by Gasteiger charge is -2.07. The molecule has 0 fully saturated rings. The molecule has 0 aliphatic carbocycles. The summed E-state index contributed by atoms with van der Waals surface area (Å²) in [7, 11) is 0. The molecule has 5 heteroatoms. The van der Waals surface area contributed by atoms with E-state index in [1.807, 2.05) is 0 Å². The minimum absolute atomic E-state index is 0.110. The maximum atomic E-state index is 13.9. The first-order valence-corrected chi connectivity index (χ1v) is 6.64. The molecular formula is C14H12F3NS. The van der Waals surface area contributed by atoms with Gasteiger partial charge in [0.2, 0.25) is 0 Å². The first kappa shape index (κ1) is 14.0. The molecule has 0 heterocycles. The van der Waals surface area contributed by atoms with Crippen molar-refractivity contribution in [1.82, 2.24) is 0 Å². The van der Waals surface area contributed by atoms with Crippen molar-refractivity contribution in [2.45, 2.75) is 17.2 Å². The van der Waals surface area contributed by atoms with E-state index in [1.165, 1.54) is 0 Å². The van der Waals surface area contributed by atoms with E-state index in [4.69, 9.17) is 5.73 Å². The van der Waals surface area contributed by atoms with Crippen molar-refractivity contribution in [2.24, 2.45) is 5.73 Å². The molecular weight excluding hydrogens is 271 g/mol. The number of thioether (sulfide) groups is 1. The second-order valence-electron chi connectivity index (χ2n) is 3.96. The zero-order valence-corrected chi connectivity index (χ0v) is 10.8. The summed E-state index contributed by atoms with van der Waals surface area (Å²) in [6.07, 6.45) is 0. The minimum atomic E-state index is -0.514. The van der Waals surface area contributed by atoms with E-state index in [0.717, 1.165) is 30.0 Å². The monoisotopic (exact) mass is 283 g/mol. The van der Waals surface area contributed by atoms with Crippen LogP contribution in [0.3, 0.4) is 0 Å². The highest BCUT2D eigenvalue weighted by Gasteiger charge is 2.09. The average molecular weight is 283 g/mol. The van der Waals surface area contributed by atoms with E-state index in [1.54, 1.807) is 18.2 Å². The molecule has 0 radical (unpaired) electrons. The Morgan fingerprint density at radius 1 is 1.00 bits per heavy atom. The fraction of sp³-hybridized carbons (Fsp3) is 0.143. The molecule has 2 aromatic carbocycles. The molecule has 1 nitrogen and oxygen atoms in total. The molecule has 0 spiro atoms. The summed E-state index contributed by atoms with van der Waals surface area (Å²) in [5.74, 6) is -1.18. The van der Waals surface area contributed by atoms with Gasteiger partial charge >= 0.3 is 0 Å². The zero-order chi connectivity index (χ0) is 13.8. The SMILES string of the molecule is NCc1cccc(CSc2cc(F)ccc2F)c1F. The molecule has 0 atom stereocenters. The van der Waals surface area contributed by atoms with E-state index in [0.29, 0.717) is 11.1 Å². The van der Waals surface area contributed by atoms with E-state index >= 15 is 0 Å². The highest BCUT2D eigenvalue weighted by molar-refractivity contribution is 7.98. The van der Waals surface area contributed by atoms with Crippen molar-refractivity contribution in [3.05, 3.63) is 65.0 Å². The van der Waals surface area contributed by atoms with E-state index in [-0.39, 0.29) is 23.0 Å². The van der Waals surface area contributed by atoms with Gasteiger partial charge < -0.3 is 5.73 Å². The molecule has 0 saturated heterocycles. The smallest absolute Gasteiger partial charge is 0.136 e. The van der Waals surface area contributed by atoms with Crippen molar-refractivity contribution in [3.63, 3.8) is 0 Å². The summed E-state index contributed by atoms with van der Waals surface area (Å²) < 4.78 is 40.3. The molecule has 2 rings (SSSR count). The maximum Gasteiger partial charge on any atom is 0.136 e. The first-order valence-electron chi connectivity index (χ1n) is 5.66. The van der Waals surface area contributed by atoms with Crippen molar-refractivity contribution in [2.75, 3.05) is 0 Å². The van der Waals surface area contributed by atoms with Gasteiger partial charge in [-0.1, -0.05) is 18.2 Å². The Morgan fingerprint density at radius 3 is 2.47 bits per heavy atom. The van der Waals surface area contributed by atoms with Gasteiger partial charge in [-0.15, -0.1) is 11.8 Å². The molecule has 2 N–H and O–H groups in total. The third-order valence-corrected chi connectivity index (χ3v) is 3.73. The third kappa shape index (κ3) is 3.30. The number of nitrogens with two attached hydrogens (primary N) is 1. The van der Waals surface area contributed by atoms with Crippen molar-refractivity contribution in [3.8, 4) is 0 Å². The van der Waals surface area contributed by atoms with Crippen LogP contribution in [0.2, 0.25) is 0 Å². The predicted octanol–water partition coefficient (Wildman–Crippen LogP) is 3.85. The van der Waals surface area contributed by atoms with Crippen LogP contribution in [0.5, 0.6) is 0 Å². The van der Waals surface area contributed by atoms with Gasteiger partial charge in [0.05, 0.1) is 0 Å². The molecule has 0 aromatic heterocycles. The Labute approximate surface area is 113 Å². The molecule has 100 valence electrons. The fourth-order valence-corrected chi connectivity index (χ4v) is 2.58. The first-order chi connectivity index (χ1) is 9.11. The largest absolute Gasteiger partial charge is 0.326 e. The van der Waals surface area contributed by atoms with Gasteiger partial charge in [0, 0.05) is 22.8 Å². The minimum Gasteiger partial charge on any atom is -0.326 e.